The van der Waals surface area contributed by atoms with Crippen LogP contribution in [0.3, 0.4) is 0 Å². The highest BCUT2D eigenvalue weighted by atomic mass is 35.5. The third-order valence-electron chi connectivity index (χ3n) is 3.18. The van der Waals surface area contributed by atoms with Crippen LogP contribution in [0.4, 0.5) is 0 Å². The number of rotatable bonds is 5. The van der Waals surface area contributed by atoms with Gasteiger partial charge in [-0.15, -0.1) is 11.6 Å². The minimum Gasteiger partial charge on any atom is -0.489 e. The zero-order valence-electron chi connectivity index (χ0n) is 11.1. The van der Waals surface area contributed by atoms with Crippen LogP contribution in [-0.2, 0) is 6.42 Å². The molecule has 21 heavy (non-hydrogen) atoms. The first-order valence-corrected chi connectivity index (χ1v) is 7.01. The van der Waals surface area contributed by atoms with E-state index < -0.39 is 5.97 Å². The molecule has 1 aromatic heterocycles. The van der Waals surface area contributed by atoms with E-state index in [1.54, 1.807) is 6.07 Å². The van der Waals surface area contributed by atoms with Crippen LogP contribution in [0.2, 0.25) is 0 Å². The fraction of sp³-hybridized carbons (Fsp3) is 0.267. The number of aromatic carboxylic acids is 1. The topological polar surface area (TPSA) is 72.3 Å². The maximum absolute atomic E-state index is 10.9. The first kappa shape index (κ1) is 13.8. The highest BCUT2D eigenvalue weighted by Crippen LogP contribution is 2.34. The van der Waals surface area contributed by atoms with Crippen molar-refractivity contribution in [3.05, 3.63) is 53.6 Å². The highest BCUT2D eigenvalue weighted by Gasteiger charge is 2.38. The van der Waals surface area contributed by atoms with E-state index >= 15 is 0 Å². The molecule has 0 amide bonds. The molecule has 0 aliphatic heterocycles. The maximum atomic E-state index is 10.9. The zero-order chi connectivity index (χ0) is 14.8. The van der Waals surface area contributed by atoms with E-state index in [2.05, 4.69) is 9.97 Å². The van der Waals surface area contributed by atoms with Gasteiger partial charge in [0.25, 0.3) is 0 Å². The summed E-state index contributed by atoms with van der Waals surface area (Å²) in [6.07, 6.45) is 2.85. The molecule has 2 atom stereocenters. The summed E-state index contributed by atoms with van der Waals surface area (Å²) in [5, 5.41) is 9.00. The normalized spacial score (nSPS) is 20.0. The summed E-state index contributed by atoms with van der Waals surface area (Å²) in [6.45, 7) is 0. The Morgan fingerprint density at radius 2 is 2.14 bits per heavy atom. The van der Waals surface area contributed by atoms with Crippen molar-refractivity contribution in [2.24, 2.45) is 0 Å². The number of ether oxygens (including phenoxy) is 1. The minimum atomic E-state index is -1.13. The molecule has 3 rings (SSSR count). The lowest BCUT2D eigenvalue weighted by molar-refractivity contribution is 0.0683. The van der Waals surface area contributed by atoms with Crippen LogP contribution in [0.5, 0.6) is 5.75 Å². The molecule has 1 heterocycles. The van der Waals surface area contributed by atoms with E-state index in [0.717, 1.165) is 17.7 Å². The number of carboxylic acids is 1. The van der Waals surface area contributed by atoms with Crippen molar-refractivity contribution in [1.29, 1.82) is 0 Å². The molecular formula is C15H13ClN2O3. The third-order valence-corrected chi connectivity index (χ3v) is 3.64. The van der Waals surface area contributed by atoms with Crippen molar-refractivity contribution >= 4 is 17.6 Å². The first-order valence-electron chi connectivity index (χ1n) is 6.57. The van der Waals surface area contributed by atoms with Gasteiger partial charge in [-0.25, -0.2) is 14.8 Å². The lowest BCUT2D eigenvalue weighted by atomic mass is 10.1. The van der Waals surface area contributed by atoms with E-state index in [1.807, 2.05) is 24.3 Å². The molecule has 1 fully saturated rings. The second-order valence-corrected chi connectivity index (χ2v) is 5.43. The number of nitrogens with zero attached hydrogens (tertiary/aromatic N) is 2. The number of alkyl halides is 1. The number of carbonyl (C=O) groups is 1. The van der Waals surface area contributed by atoms with E-state index in [9.17, 15) is 4.79 Å². The third kappa shape index (κ3) is 3.31. The van der Waals surface area contributed by atoms with E-state index in [4.69, 9.17) is 21.4 Å². The van der Waals surface area contributed by atoms with Gasteiger partial charge in [0.2, 0.25) is 5.82 Å². The van der Waals surface area contributed by atoms with Crippen LogP contribution in [0.25, 0.3) is 0 Å². The van der Waals surface area contributed by atoms with Gasteiger partial charge < -0.3 is 9.84 Å². The molecule has 0 radical (unpaired) electrons. The number of halogens is 1. The van der Waals surface area contributed by atoms with Crippen molar-refractivity contribution in [3.63, 3.8) is 0 Å². The Kier molecular flexibility index (Phi) is 3.75. The molecule has 1 aliphatic rings. The van der Waals surface area contributed by atoms with Gasteiger partial charge in [-0.3, -0.25) is 0 Å². The van der Waals surface area contributed by atoms with Gasteiger partial charge in [-0.1, -0.05) is 18.2 Å². The minimum absolute atomic E-state index is 0.0628. The van der Waals surface area contributed by atoms with Crippen molar-refractivity contribution in [1.82, 2.24) is 9.97 Å². The van der Waals surface area contributed by atoms with Gasteiger partial charge in [0.1, 0.15) is 11.9 Å². The van der Waals surface area contributed by atoms with Crippen LogP contribution in [-0.4, -0.2) is 32.5 Å². The summed E-state index contributed by atoms with van der Waals surface area (Å²) < 4.78 is 5.83. The van der Waals surface area contributed by atoms with E-state index in [0.29, 0.717) is 12.1 Å². The molecule has 5 nitrogen and oxygen atoms in total. The molecule has 0 spiro atoms. The second-order valence-electron chi connectivity index (χ2n) is 4.87. The van der Waals surface area contributed by atoms with E-state index in [1.165, 1.54) is 6.20 Å². The average Bonchev–Trinajstić information content (AvgIpc) is 3.17. The van der Waals surface area contributed by atoms with Crippen LogP contribution < -0.4 is 4.74 Å². The van der Waals surface area contributed by atoms with Gasteiger partial charge in [0.05, 0.1) is 5.38 Å². The number of hydrogen-bond donors (Lipinski definition) is 1. The summed E-state index contributed by atoms with van der Waals surface area (Å²) in [5.41, 5.74) is 1.58. The molecule has 0 saturated heterocycles. The average molecular weight is 305 g/mol. The number of hydrogen-bond acceptors (Lipinski definition) is 4. The molecule has 2 aromatic rings. The SMILES string of the molecule is O=C(O)c1nccc(Cc2ccccc2OC2CC2Cl)n1. The number of carboxylic acid groups (broad SMARTS) is 1. The summed E-state index contributed by atoms with van der Waals surface area (Å²) in [5.74, 6) is -0.570. The maximum Gasteiger partial charge on any atom is 0.373 e. The lowest BCUT2D eigenvalue weighted by Gasteiger charge is -2.10. The number of para-hydroxylation sites is 1. The number of benzene rings is 1. The Morgan fingerprint density at radius 1 is 1.38 bits per heavy atom. The Bertz CT molecular complexity index is 677. The molecule has 0 bridgehead atoms. The van der Waals surface area contributed by atoms with Gasteiger partial charge in [0.15, 0.2) is 0 Å². The van der Waals surface area contributed by atoms with Gasteiger partial charge >= 0.3 is 5.97 Å². The van der Waals surface area contributed by atoms with Gasteiger partial charge in [-0.05, 0) is 12.1 Å². The Labute approximate surface area is 126 Å². The first-order chi connectivity index (χ1) is 10.1. The Balaban J connectivity index is 1.81. The molecule has 108 valence electrons. The summed E-state index contributed by atoms with van der Waals surface area (Å²) >= 11 is 5.96. The molecule has 1 aliphatic carbocycles. The van der Waals surface area contributed by atoms with Crippen LogP contribution in [0.15, 0.2) is 36.5 Å². The van der Waals surface area contributed by atoms with Gasteiger partial charge in [0, 0.05) is 30.3 Å². The highest BCUT2D eigenvalue weighted by molar-refractivity contribution is 6.23. The molecule has 1 aromatic carbocycles. The van der Waals surface area contributed by atoms with Crippen LogP contribution in [0, 0.1) is 0 Å². The lowest BCUT2D eigenvalue weighted by Crippen LogP contribution is -2.07. The quantitative estimate of drug-likeness (QED) is 0.859. The van der Waals surface area contributed by atoms with Gasteiger partial charge in [-0.2, -0.15) is 0 Å². The Morgan fingerprint density at radius 3 is 2.86 bits per heavy atom. The fourth-order valence-corrected chi connectivity index (χ4v) is 2.21. The van der Waals surface area contributed by atoms with Crippen molar-refractivity contribution in [3.8, 4) is 5.75 Å². The zero-order valence-corrected chi connectivity index (χ0v) is 11.8. The van der Waals surface area contributed by atoms with Crippen molar-refractivity contribution in [2.45, 2.75) is 24.3 Å². The smallest absolute Gasteiger partial charge is 0.373 e. The molecule has 2 unspecified atom stereocenters. The monoisotopic (exact) mass is 304 g/mol. The van der Waals surface area contributed by atoms with E-state index in [-0.39, 0.29) is 17.3 Å². The summed E-state index contributed by atoms with van der Waals surface area (Å²) in [7, 11) is 0. The predicted molar refractivity (Wildman–Crippen MR) is 76.9 cm³/mol. The fourth-order valence-electron chi connectivity index (χ4n) is 1.99. The largest absolute Gasteiger partial charge is 0.489 e. The standard InChI is InChI=1S/C15H13ClN2O3/c16-11-8-13(11)21-12-4-2-1-3-9(12)7-10-5-6-17-14(18-10)15(19)20/h1-6,11,13H,7-8H2,(H,19,20). The molecule has 1 saturated carbocycles. The molecule has 6 heteroatoms. The van der Waals surface area contributed by atoms with Crippen molar-refractivity contribution < 1.29 is 14.6 Å². The van der Waals surface area contributed by atoms with Crippen LogP contribution >= 0.6 is 11.6 Å². The number of aromatic nitrogens is 2. The van der Waals surface area contributed by atoms with Crippen molar-refractivity contribution in [2.75, 3.05) is 0 Å². The molecular weight excluding hydrogens is 292 g/mol. The Hall–Kier alpha value is -2.14. The van der Waals surface area contributed by atoms with Crippen LogP contribution in [0.1, 0.15) is 28.3 Å². The second kappa shape index (κ2) is 5.69. The molecule has 1 N–H and O–H groups in total. The predicted octanol–water partition coefficient (Wildman–Crippen LogP) is 2.52. The summed E-state index contributed by atoms with van der Waals surface area (Å²) in [4.78, 5) is 18.6. The summed E-state index contributed by atoms with van der Waals surface area (Å²) in [6, 6.07) is 9.32.